The summed E-state index contributed by atoms with van der Waals surface area (Å²) in [5.41, 5.74) is 5.78. The minimum absolute atomic E-state index is 0.333. The maximum absolute atomic E-state index is 5.78. The predicted molar refractivity (Wildman–Crippen MR) is 55.2 cm³/mol. The third-order valence-corrected chi connectivity index (χ3v) is 2.52. The molecule has 0 aliphatic heterocycles. The number of nitrogens with two attached hydrogens (primary N) is 1. The first-order valence-corrected chi connectivity index (χ1v) is 5.20. The van der Waals surface area contributed by atoms with E-state index in [4.69, 9.17) is 5.73 Å². The van der Waals surface area contributed by atoms with E-state index in [-0.39, 0.29) is 0 Å². The van der Waals surface area contributed by atoms with Crippen molar-refractivity contribution in [2.75, 3.05) is 13.1 Å². The minimum atomic E-state index is 0.333. The first kappa shape index (κ1) is 11.9. The summed E-state index contributed by atoms with van der Waals surface area (Å²) in [4.78, 5) is 0. The quantitative estimate of drug-likeness (QED) is 0.614. The third kappa shape index (κ3) is 5.56. The zero-order valence-corrected chi connectivity index (χ0v) is 8.77. The van der Waals surface area contributed by atoms with Crippen LogP contribution >= 0.6 is 0 Å². The van der Waals surface area contributed by atoms with Crippen molar-refractivity contribution in [3.8, 4) is 0 Å². The van der Waals surface area contributed by atoms with Crippen LogP contribution in [0.25, 0.3) is 0 Å². The fraction of sp³-hybridized carbons (Fsp3) is 1.00. The lowest BCUT2D eigenvalue weighted by Crippen LogP contribution is -2.35. The molecule has 0 aliphatic rings. The van der Waals surface area contributed by atoms with E-state index in [0.29, 0.717) is 6.04 Å². The molecule has 0 aliphatic carbocycles. The normalized spacial score (nSPS) is 13.8. The molecule has 0 saturated heterocycles. The molecular weight excluding hydrogens is 148 g/mol. The van der Waals surface area contributed by atoms with E-state index in [1.165, 1.54) is 12.8 Å². The van der Waals surface area contributed by atoms with E-state index in [9.17, 15) is 0 Å². The first-order valence-electron chi connectivity index (χ1n) is 5.20. The van der Waals surface area contributed by atoms with Gasteiger partial charge in [-0.15, -0.1) is 0 Å². The maximum atomic E-state index is 5.78. The highest BCUT2D eigenvalue weighted by Gasteiger charge is 2.03. The first-order chi connectivity index (χ1) is 5.74. The van der Waals surface area contributed by atoms with Gasteiger partial charge in [-0.2, -0.15) is 0 Å². The van der Waals surface area contributed by atoms with Gasteiger partial charge in [-0.1, -0.05) is 33.6 Å². The summed E-state index contributed by atoms with van der Waals surface area (Å²) in [6, 6.07) is 0.333. The minimum Gasteiger partial charge on any atom is -0.327 e. The van der Waals surface area contributed by atoms with Gasteiger partial charge in [0.15, 0.2) is 0 Å². The molecule has 0 rings (SSSR count). The molecule has 0 fully saturated rings. The zero-order valence-electron chi connectivity index (χ0n) is 8.77. The summed E-state index contributed by atoms with van der Waals surface area (Å²) in [6.45, 7) is 8.71. The van der Waals surface area contributed by atoms with E-state index in [1.54, 1.807) is 0 Å². The summed E-state index contributed by atoms with van der Waals surface area (Å²) in [6.07, 6.45) is 3.60. The van der Waals surface area contributed by atoms with Gasteiger partial charge in [-0.05, 0) is 18.9 Å². The molecule has 74 valence electrons. The summed E-state index contributed by atoms with van der Waals surface area (Å²) >= 11 is 0. The molecule has 0 radical (unpaired) electrons. The summed E-state index contributed by atoms with van der Waals surface area (Å²) in [7, 11) is 0. The van der Waals surface area contributed by atoms with Crippen LogP contribution in [0.15, 0.2) is 0 Å². The lowest BCUT2D eigenvalue weighted by atomic mass is 10.0. The summed E-state index contributed by atoms with van der Waals surface area (Å²) in [5, 5.41) is 3.41. The van der Waals surface area contributed by atoms with Gasteiger partial charge < -0.3 is 11.1 Å². The van der Waals surface area contributed by atoms with E-state index in [2.05, 4.69) is 26.1 Å². The molecule has 3 N–H and O–H groups in total. The molecule has 0 aromatic rings. The Balaban J connectivity index is 3.28. The number of rotatable bonds is 7. The van der Waals surface area contributed by atoms with Crippen molar-refractivity contribution in [3.05, 3.63) is 0 Å². The number of nitrogens with one attached hydrogen (secondary N) is 1. The van der Waals surface area contributed by atoms with Crippen LogP contribution in [-0.2, 0) is 0 Å². The smallest absolute Gasteiger partial charge is 0.0162 e. The fourth-order valence-electron chi connectivity index (χ4n) is 1.19. The van der Waals surface area contributed by atoms with Gasteiger partial charge >= 0.3 is 0 Å². The van der Waals surface area contributed by atoms with Crippen molar-refractivity contribution in [3.63, 3.8) is 0 Å². The third-order valence-electron chi connectivity index (χ3n) is 2.52. The van der Waals surface area contributed by atoms with Crippen molar-refractivity contribution in [1.29, 1.82) is 0 Å². The van der Waals surface area contributed by atoms with Gasteiger partial charge in [0.05, 0.1) is 0 Å². The second-order valence-corrected chi connectivity index (χ2v) is 3.51. The van der Waals surface area contributed by atoms with Crippen LogP contribution in [-0.4, -0.2) is 19.1 Å². The standard InChI is InChI=1S/C10H24N2/c1-4-9(5-2)7-12-8-10(11)6-3/h9-10,12H,4-8,11H2,1-3H3. The van der Waals surface area contributed by atoms with Crippen LogP contribution in [0.1, 0.15) is 40.0 Å². The highest BCUT2D eigenvalue weighted by atomic mass is 14.9. The molecule has 0 bridgehead atoms. The van der Waals surface area contributed by atoms with E-state index in [1.807, 2.05) is 0 Å². The second-order valence-electron chi connectivity index (χ2n) is 3.51. The van der Waals surface area contributed by atoms with Gasteiger partial charge in [0.25, 0.3) is 0 Å². The molecule has 1 unspecified atom stereocenters. The molecule has 0 aromatic heterocycles. The van der Waals surface area contributed by atoms with Crippen molar-refractivity contribution in [1.82, 2.24) is 5.32 Å². The van der Waals surface area contributed by atoms with Crippen LogP contribution in [0.4, 0.5) is 0 Å². The average molecular weight is 172 g/mol. The molecule has 12 heavy (non-hydrogen) atoms. The Kier molecular flexibility index (Phi) is 7.51. The Morgan fingerprint density at radius 1 is 1.00 bits per heavy atom. The lowest BCUT2D eigenvalue weighted by molar-refractivity contribution is 0.435. The van der Waals surface area contributed by atoms with Crippen molar-refractivity contribution in [2.24, 2.45) is 11.7 Å². The number of hydrogen-bond acceptors (Lipinski definition) is 2. The maximum Gasteiger partial charge on any atom is 0.0162 e. The summed E-state index contributed by atoms with van der Waals surface area (Å²) in [5.74, 6) is 0.828. The van der Waals surface area contributed by atoms with Crippen LogP contribution in [0.3, 0.4) is 0 Å². The Hall–Kier alpha value is -0.0800. The van der Waals surface area contributed by atoms with Crippen LogP contribution < -0.4 is 11.1 Å². The van der Waals surface area contributed by atoms with E-state index in [0.717, 1.165) is 25.4 Å². The van der Waals surface area contributed by atoms with Gasteiger partial charge in [-0.25, -0.2) is 0 Å². The predicted octanol–water partition coefficient (Wildman–Crippen LogP) is 1.75. The van der Waals surface area contributed by atoms with Crippen molar-refractivity contribution in [2.45, 2.75) is 46.1 Å². The molecule has 2 nitrogen and oxygen atoms in total. The highest BCUT2D eigenvalue weighted by Crippen LogP contribution is 2.04. The zero-order chi connectivity index (χ0) is 9.40. The van der Waals surface area contributed by atoms with Crippen LogP contribution in [0.5, 0.6) is 0 Å². The lowest BCUT2D eigenvalue weighted by Gasteiger charge is -2.15. The van der Waals surface area contributed by atoms with Gasteiger partial charge in [0.1, 0.15) is 0 Å². The highest BCUT2D eigenvalue weighted by molar-refractivity contribution is 4.64. The molecule has 0 amide bonds. The Labute approximate surface area is 76.9 Å². The SMILES string of the molecule is CCC(N)CNCC(CC)CC. The second kappa shape index (κ2) is 7.56. The molecular formula is C10H24N2. The molecule has 1 atom stereocenters. The molecule has 0 aromatic carbocycles. The topological polar surface area (TPSA) is 38.0 Å². The molecule has 0 spiro atoms. The average Bonchev–Trinajstić information content (AvgIpc) is 2.12. The molecule has 0 saturated carbocycles. The van der Waals surface area contributed by atoms with E-state index < -0.39 is 0 Å². The fourth-order valence-corrected chi connectivity index (χ4v) is 1.19. The Bertz CT molecular complexity index is 89.8. The number of hydrogen-bond donors (Lipinski definition) is 2. The summed E-state index contributed by atoms with van der Waals surface area (Å²) < 4.78 is 0. The van der Waals surface area contributed by atoms with Gasteiger partial charge in [0, 0.05) is 12.6 Å². The van der Waals surface area contributed by atoms with Crippen LogP contribution in [0, 0.1) is 5.92 Å². The van der Waals surface area contributed by atoms with Crippen molar-refractivity contribution >= 4 is 0 Å². The Morgan fingerprint density at radius 3 is 2.00 bits per heavy atom. The van der Waals surface area contributed by atoms with Gasteiger partial charge in [0.2, 0.25) is 0 Å². The monoisotopic (exact) mass is 172 g/mol. The Morgan fingerprint density at radius 2 is 1.58 bits per heavy atom. The molecule has 0 heterocycles. The van der Waals surface area contributed by atoms with Gasteiger partial charge in [-0.3, -0.25) is 0 Å². The van der Waals surface area contributed by atoms with Crippen LogP contribution in [0.2, 0.25) is 0 Å². The molecule has 2 heteroatoms. The largest absolute Gasteiger partial charge is 0.327 e. The van der Waals surface area contributed by atoms with Crippen molar-refractivity contribution < 1.29 is 0 Å². The van der Waals surface area contributed by atoms with E-state index >= 15 is 0 Å².